The summed E-state index contributed by atoms with van der Waals surface area (Å²) in [7, 11) is 1.53. The average molecular weight is 305 g/mol. The standard InChI is InChI=1S/C6H3Cl2IS/c7-4-2-1-3-5(8)6(4)10-9/h1-3H. The Morgan fingerprint density at radius 1 is 1.20 bits per heavy atom. The number of benzene rings is 1. The molecule has 0 spiro atoms. The van der Waals surface area contributed by atoms with Crippen LogP contribution in [0.4, 0.5) is 0 Å². The summed E-state index contributed by atoms with van der Waals surface area (Å²) in [6.07, 6.45) is 0. The van der Waals surface area contributed by atoms with Gasteiger partial charge in [-0.15, -0.1) is 0 Å². The van der Waals surface area contributed by atoms with Crippen LogP contribution in [-0.2, 0) is 0 Å². The molecule has 0 amide bonds. The molecule has 10 heavy (non-hydrogen) atoms. The molecule has 4 heteroatoms. The van der Waals surface area contributed by atoms with Crippen LogP contribution >= 0.6 is 53.3 Å². The number of hydrogen-bond acceptors (Lipinski definition) is 1. The van der Waals surface area contributed by atoms with Crippen LogP contribution < -0.4 is 0 Å². The Morgan fingerprint density at radius 3 is 2.00 bits per heavy atom. The molecule has 0 heterocycles. The summed E-state index contributed by atoms with van der Waals surface area (Å²) in [5, 5.41) is 1.43. The third-order valence-corrected chi connectivity index (χ3v) is 3.77. The molecule has 1 aromatic rings. The minimum absolute atomic E-state index is 0.715. The largest absolute Gasteiger partial charge is 0.0830 e. The quantitative estimate of drug-likeness (QED) is 0.691. The second-order valence-corrected chi connectivity index (χ2v) is 4.33. The lowest BCUT2D eigenvalue weighted by molar-refractivity contribution is 1.47. The summed E-state index contributed by atoms with van der Waals surface area (Å²) in [6, 6.07) is 5.49. The zero-order valence-corrected chi connectivity index (χ0v) is 9.26. The van der Waals surface area contributed by atoms with Gasteiger partial charge < -0.3 is 0 Å². The molecule has 1 rings (SSSR count). The summed E-state index contributed by atoms with van der Waals surface area (Å²) >= 11 is 13.8. The van der Waals surface area contributed by atoms with E-state index in [1.807, 2.05) is 18.2 Å². The van der Waals surface area contributed by atoms with Crippen LogP contribution in [0.1, 0.15) is 0 Å². The van der Waals surface area contributed by atoms with Gasteiger partial charge in [0.15, 0.2) is 0 Å². The van der Waals surface area contributed by atoms with E-state index in [2.05, 4.69) is 21.2 Å². The molecule has 0 aliphatic heterocycles. The number of halogens is 3. The van der Waals surface area contributed by atoms with Crippen molar-refractivity contribution in [3.05, 3.63) is 28.2 Å². The molecule has 0 saturated heterocycles. The van der Waals surface area contributed by atoms with Gasteiger partial charge in [-0.1, -0.05) is 29.3 Å². The zero-order valence-electron chi connectivity index (χ0n) is 4.77. The highest BCUT2D eigenvalue weighted by molar-refractivity contribution is 14.2. The second-order valence-electron chi connectivity index (χ2n) is 1.63. The smallest absolute Gasteiger partial charge is 0.0564 e. The van der Waals surface area contributed by atoms with Gasteiger partial charge in [0, 0.05) is 21.2 Å². The first kappa shape index (κ1) is 8.97. The van der Waals surface area contributed by atoms with Gasteiger partial charge in [0.05, 0.1) is 14.9 Å². The third kappa shape index (κ3) is 1.94. The van der Waals surface area contributed by atoms with Crippen molar-refractivity contribution in [2.24, 2.45) is 0 Å². The summed E-state index contributed by atoms with van der Waals surface area (Å²) in [6.45, 7) is 0. The van der Waals surface area contributed by atoms with E-state index in [0.717, 1.165) is 4.90 Å². The van der Waals surface area contributed by atoms with E-state index in [0.29, 0.717) is 10.0 Å². The monoisotopic (exact) mass is 304 g/mol. The van der Waals surface area contributed by atoms with E-state index >= 15 is 0 Å². The SMILES string of the molecule is Clc1cccc(Cl)c1SI. The molecule has 0 radical (unpaired) electrons. The molecular formula is C6H3Cl2IS. The average Bonchev–Trinajstić information content (AvgIpc) is 1.88. The minimum atomic E-state index is 0.715. The Kier molecular flexibility index (Phi) is 3.63. The Morgan fingerprint density at radius 2 is 1.70 bits per heavy atom. The topological polar surface area (TPSA) is 0 Å². The van der Waals surface area contributed by atoms with E-state index in [-0.39, 0.29) is 0 Å². The van der Waals surface area contributed by atoms with Crippen LogP contribution in [-0.4, -0.2) is 0 Å². The fraction of sp³-hybridized carbons (Fsp3) is 0. The van der Waals surface area contributed by atoms with Crippen LogP contribution in [0, 0.1) is 0 Å². The highest BCUT2D eigenvalue weighted by atomic mass is 127. The van der Waals surface area contributed by atoms with Crippen molar-refractivity contribution in [1.82, 2.24) is 0 Å². The van der Waals surface area contributed by atoms with E-state index in [9.17, 15) is 0 Å². The third-order valence-electron chi connectivity index (χ3n) is 0.996. The molecule has 54 valence electrons. The van der Waals surface area contributed by atoms with Gasteiger partial charge in [-0.2, -0.15) is 0 Å². The van der Waals surface area contributed by atoms with Crippen LogP contribution in [0.2, 0.25) is 10.0 Å². The van der Waals surface area contributed by atoms with Crippen molar-refractivity contribution in [3.63, 3.8) is 0 Å². The predicted octanol–water partition coefficient (Wildman–Crippen LogP) is 4.44. The number of rotatable bonds is 1. The molecule has 0 unspecified atom stereocenters. The molecule has 0 N–H and O–H groups in total. The molecule has 1 aromatic carbocycles. The lowest BCUT2D eigenvalue weighted by Gasteiger charge is -1.99. The Balaban J connectivity index is 3.17. The van der Waals surface area contributed by atoms with Crippen molar-refractivity contribution in [2.75, 3.05) is 0 Å². The molecule has 0 fully saturated rings. The first-order valence-electron chi connectivity index (χ1n) is 2.48. The first-order valence-corrected chi connectivity index (χ1v) is 6.60. The fourth-order valence-corrected chi connectivity index (χ4v) is 3.67. The summed E-state index contributed by atoms with van der Waals surface area (Å²) < 4.78 is 0. The van der Waals surface area contributed by atoms with Crippen molar-refractivity contribution >= 4 is 53.3 Å². The van der Waals surface area contributed by atoms with Crippen LogP contribution in [0.25, 0.3) is 0 Å². The molecule has 0 aliphatic carbocycles. The van der Waals surface area contributed by atoms with E-state index in [4.69, 9.17) is 23.2 Å². The van der Waals surface area contributed by atoms with Crippen molar-refractivity contribution in [1.29, 1.82) is 0 Å². The normalized spacial score (nSPS) is 9.90. The fourth-order valence-electron chi connectivity index (χ4n) is 0.556. The summed E-state index contributed by atoms with van der Waals surface area (Å²) in [4.78, 5) is 0.937. The maximum absolute atomic E-state index is 5.82. The lowest BCUT2D eigenvalue weighted by Crippen LogP contribution is -1.71. The maximum atomic E-state index is 5.82. The van der Waals surface area contributed by atoms with Gasteiger partial charge in [-0.3, -0.25) is 0 Å². The highest BCUT2D eigenvalue weighted by Crippen LogP contribution is 2.37. The second kappa shape index (κ2) is 4.04. The molecular weight excluding hydrogens is 302 g/mol. The molecule has 0 saturated carbocycles. The van der Waals surface area contributed by atoms with Crippen LogP contribution in [0.5, 0.6) is 0 Å². The van der Waals surface area contributed by atoms with Gasteiger partial charge in [0.25, 0.3) is 0 Å². The van der Waals surface area contributed by atoms with Gasteiger partial charge in [-0.05, 0) is 21.1 Å². The zero-order chi connectivity index (χ0) is 7.56. The van der Waals surface area contributed by atoms with Crippen LogP contribution in [0.15, 0.2) is 23.1 Å². The van der Waals surface area contributed by atoms with Crippen molar-refractivity contribution < 1.29 is 0 Å². The molecule has 0 aromatic heterocycles. The molecule has 0 aliphatic rings. The van der Waals surface area contributed by atoms with Crippen molar-refractivity contribution in [3.8, 4) is 0 Å². The van der Waals surface area contributed by atoms with E-state index in [1.54, 1.807) is 0 Å². The lowest BCUT2D eigenvalue weighted by atomic mass is 10.4. The first-order chi connectivity index (χ1) is 4.75. The van der Waals surface area contributed by atoms with Gasteiger partial charge in [-0.25, -0.2) is 0 Å². The highest BCUT2D eigenvalue weighted by Gasteiger charge is 2.02. The molecule has 0 atom stereocenters. The Labute approximate surface area is 85.9 Å². The van der Waals surface area contributed by atoms with E-state index in [1.165, 1.54) is 8.93 Å². The van der Waals surface area contributed by atoms with Crippen LogP contribution in [0.3, 0.4) is 0 Å². The van der Waals surface area contributed by atoms with E-state index < -0.39 is 0 Å². The Hall–Kier alpha value is 0.880. The predicted molar refractivity (Wildman–Crippen MR) is 56.3 cm³/mol. The van der Waals surface area contributed by atoms with Crippen molar-refractivity contribution in [2.45, 2.75) is 4.90 Å². The Bertz CT molecular complexity index is 219. The van der Waals surface area contributed by atoms with Gasteiger partial charge in [0.1, 0.15) is 0 Å². The van der Waals surface area contributed by atoms with Gasteiger partial charge in [0.2, 0.25) is 0 Å². The summed E-state index contributed by atoms with van der Waals surface area (Å²) in [5.74, 6) is 0. The minimum Gasteiger partial charge on any atom is -0.0830 e. The molecule has 0 bridgehead atoms. The van der Waals surface area contributed by atoms with Gasteiger partial charge >= 0.3 is 0 Å². The molecule has 0 nitrogen and oxygen atoms in total. The maximum Gasteiger partial charge on any atom is 0.0564 e. The number of hydrogen-bond donors (Lipinski definition) is 0. The summed E-state index contributed by atoms with van der Waals surface area (Å²) in [5.41, 5.74) is 0.